The van der Waals surface area contributed by atoms with Crippen LogP contribution in [0.5, 0.6) is 0 Å². The van der Waals surface area contributed by atoms with Crippen LogP contribution in [-0.2, 0) is 38.4 Å². The third-order valence-corrected chi connectivity index (χ3v) is 9.10. The molecule has 0 aromatic heterocycles. The highest BCUT2D eigenvalue weighted by Crippen LogP contribution is 2.39. The predicted octanol–water partition coefficient (Wildman–Crippen LogP) is -1.28. The molecule has 0 aromatic carbocycles. The van der Waals surface area contributed by atoms with Crippen LogP contribution in [-0.4, -0.2) is 116 Å². The summed E-state index contributed by atoms with van der Waals surface area (Å²) in [4.78, 5) is 96.6. The van der Waals surface area contributed by atoms with Crippen molar-refractivity contribution in [2.75, 3.05) is 24.6 Å². The van der Waals surface area contributed by atoms with Crippen molar-refractivity contribution in [3.63, 3.8) is 0 Å². The Bertz CT molecular complexity index is 1270. The van der Waals surface area contributed by atoms with E-state index in [1.165, 1.54) is 0 Å². The number of thiol groups is 2. The van der Waals surface area contributed by atoms with Crippen molar-refractivity contribution in [1.29, 1.82) is 0 Å². The quantitative estimate of drug-likeness (QED) is 0.0476. The molecule has 0 rings (SSSR count). The maximum Gasteiger partial charge on any atom is 0.322 e. The first kappa shape index (κ1) is 45.0. The second-order valence-corrected chi connectivity index (χ2v) is 11.7. The highest BCUT2D eigenvalue weighted by atomic mass is 35.5. The van der Waals surface area contributed by atoms with Gasteiger partial charge in [-0.1, -0.05) is 46.4 Å². The first-order valence-corrected chi connectivity index (χ1v) is 15.8. The molecule has 48 heavy (non-hydrogen) atoms. The van der Waals surface area contributed by atoms with Crippen LogP contribution in [0.3, 0.4) is 0 Å². The van der Waals surface area contributed by atoms with Crippen molar-refractivity contribution in [2.24, 2.45) is 11.5 Å². The number of halogens is 4. The molecule has 0 aliphatic rings. The van der Waals surface area contributed by atoms with E-state index in [0.717, 1.165) is 0 Å². The first-order valence-electron chi connectivity index (χ1n) is 13.1. The molecule has 24 heteroatoms. The lowest BCUT2D eigenvalue weighted by Gasteiger charge is -2.34. The van der Waals surface area contributed by atoms with Crippen LogP contribution in [0.1, 0.15) is 25.7 Å². The molecule has 0 radical (unpaired) electrons. The molecular formula is C24H32Cl4N6O12S2. The zero-order valence-corrected chi connectivity index (χ0v) is 29.2. The monoisotopic (exact) mass is 800 g/mol. The van der Waals surface area contributed by atoms with E-state index in [2.05, 4.69) is 35.9 Å². The maximum absolute atomic E-state index is 13.3. The Morgan fingerprint density at radius 2 is 0.896 bits per heavy atom. The number of carboxylic acid groups (broad SMARTS) is 4. The normalized spacial score (nSPS) is 15.9. The number of hydrogen-bond donors (Lipinski definition) is 12. The Kier molecular flexibility index (Phi) is 19.2. The second-order valence-electron chi connectivity index (χ2n) is 9.60. The van der Waals surface area contributed by atoms with E-state index in [4.69, 9.17) is 78.3 Å². The van der Waals surface area contributed by atoms with Crippen molar-refractivity contribution in [2.45, 2.75) is 48.8 Å². The lowest BCUT2D eigenvalue weighted by molar-refractivity contribution is -0.140. The number of carbonyl (C=O) groups excluding carboxylic acids is 4. The molecule has 0 fully saturated rings. The van der Waals surface area contributed by atoms with Crippen molar-refractivity contribution in [1.82, 2.24) is 21.3 Å². The van der Waals surface area contributed by atoms with Gasteiger partial charge in [0.15, 0.2) is 11.1 Å². The van der Waals surface area contributed by atoms with Crippen molar-refractivity contribution in [3.05, 3.63) is 20.1 Å². The summed E-state index contributed by atoms with van der Waals surface area (Å²) in [6, 6.07) is -2.96. The van der Waals surface area contributed by atoms with Crippen molar-refractivity contribution >= 4 is 119 Å². The molecule has 0 aliphatic heterocycles. The lowest BCUT2D eigenvalue weighted by atomic mass is 9.95. The number of allylic oxidation sites excluding steroid dienone is 2. The van der Waals surface area contributed by atoms with Crippen LogP contribution in [0.25, 0.3) is 0 Å². The first-order chi connectivity index (χ1) is 22.1. The van der Waals surface area contributed by atoms with E-state index in [0.29, 0.717) is 0 Å². The van der Waals surface area contributed by atoms with E-state index < -0.39 is 141 Å². The van der Waals surface area contributed by atoms with Gasteiger partial charge in [0, 0.05) is 24.3 Å². The topological polar surface area (TPSA) is 318 Å². The molecule has 0 heterocycles. The van der Waals surface area contributed by atoms with Gasteiger partial charge in [-0.3, -0.25) is 38.4 Å². The third-order valence-electron chi connectivity index (χ3n) is 6.08. The zero-order valence-electron chi connectivity index (χ0n) is 24.4. The summed E-state index contributed by atoms with van der Waals surface area (Å²) in [7, 11) is 0. The van der Waals surface area contributed by atoms with Gasteiger partial charge in [0.25, 0.3) is 11.8 Å². The minimum atomic E-state index is -2.54. The SMILES string of the molecule is N[C@@H](CCC(=O)N[C@](CS)(C(=O)NCC(=O)O)/C(Cl)=C(Cl)/C(Cl)=C(\Cl)[C@](CS)(NC(=O)CC[C@H](N)C(=O)O)C(=O)NCC(=O)O)C(=O)O. The van der Waals surface area contributed by atoms with Gasteiger partial charge >= 0.3 is 23.9 Å². The number of aliphatic carboxylic acids is 4. The predicted molar refractivity (Wildman–Crippen MR) is 178 cm³/mol. The van der Waals surface area contributed by atoms with Gasteiger partial charge in [-0.05, 0) is 12.8 Å². The summed E-state index contributed by atoms with van der Waals surface area (Å²) in [5.74, 6) is -12.1. The fourth-order valence-corrected chi connectivity index (χ4v) is 5.53. The molecule has 12 N–H and O–H groups in total. The number of nitrogens with one attached hydrogen (secondary N) is 4. The molecule has 0 spiro atoms. The largest absolute Gasteiger partial charge is 0.480 e. The van der Waals surface area contributed by atoms with E-state index in [1.54, 1.807) is 0 Å². The maximum atomic E-state index is 13.3. The van der Waals surface area contributed by atoms with E-state index in [9.17, 15) is 38.4 Å². The Morgan fingerprint density at radius 1 is 0.604 bits per heavy atom. The van der Waals surface area contributed by atoms with E-state index >= 15 is 0 Å². The average molecular weight is 802 g/mol. The summed E-state index contributed by atoms with van der Waals surface area (Å²) >= 11 is 33.9. The summed E-state index contributed by atoms with van der Waals surface area (Å²) in [6.07, 6.45) is -2.03. The Morgan fingerprint density at radius 3 is 1.12 bits per heavy atom. The number of amides is 4. The molecule has 18 nitrogen and oxygen atoms in total. The van der Waals surface area contributed by atoms with E-state index in [1.807, 2.05) is 10.6 Å². The number of nitrogens with two attached hydrogens (primary N) is 2. The van der Waals surface area contributed by atoms with Crippen LogP contribution in [0.15, 0.2) is 20.1 Å². The van der Waals surface area contributed by atoms with Gasteiger partial charge in [-0.2, -0.15) is 25.3 Å². The Hall–Kier alpha value is -2.98. The van der Waals surface area contributed by atoms with Gasteiger partial charge < -0.3 is 53.2 Å². The number of carbonyl (C=O) groups is 8. The fraction of sp³-hybridized carbons (Fsp3) is 0.500. The summed E-state index contributed by atoms with van der Waals surface area (Å²) in [5, 5.41) is 40.9. The standard InChI is InChI=1S/C24H32Cl4N6O12S2/c25-15(17(27)23(7-47,21(45)31-5-13(37)38)33-11(35)3-1-9(29)19(41)42)16(26)18(28)24(8-48,22(46)32-6-14(39)40)34-12(36)4-2-10(30)20(43)44/h9-10,47-48H,1-8,29-30H2,(H,31,45)(H,32,46)(H,33,35)(H,34,36)(H,37,38)(H,39,40)(H,41,42)(H,43,44)/b17-15+,18-16+/t9-,10-,23-,24-/m0/s1. The van der Waals surface area contributed by atoms with Gasteiger partial charge in [0.1, 0.15) is 25.2 Å². The summed E-state index contributed by atoms with van der Waals surface area (Å²) < 4.78 is 0. The van der Waals surface area contributed by atoms with Crippen molar-refractivity contribution in [3.8, 4) is 0 Å². The van der Waals surface area contributed by atoms with Crippen LogP contribution in [0, 0.1) is 0 Å². The van der Waals surface area contributed by atoms with E-state index in [-0.39, 0.29) is 0 Å². The third kappa shape index (κ3) is 12.8. The van der Waals surface area contributed by atoms with Gasteiger partial charge in [-0.25, -0.2) is 0 Å². The van der Waals surface area contributed by atoms with Crippen LogP contribution >= 0.6 is 71.7 Å². The van der Waals surface area contributed by atoms with Crippen molar-refractivity contribution < 1.29 is 58.8 Å². The van der Waals surface area contributed by atoms with Crippen LogP contribution < -0.4 is 32.7 Å². The molecular weight excluding hydrogens is 770 g/mol. The summed E-state index contributed by atoms with van der Waals surface area (Å²) in [5.41, 5.74) is 5.75. The fourth-order valence-electron chi connectivity index (χ4n) is 3.39. The molecule has 0 aliphatic carbocycles. The average Bonchev–Trinajstić information content (AvgIpc) is 3.03. The van der Waals surface area contributed by atoms with Gasteiger partial charge in [0.2, 0.25) is 11.8 Å². The zero-order chi connectivity index (χ0) is 37.6. The molecule has 0 bridgehead atoms. The number of hydrogen-bond acceptors (Lipinski definition) is 12. The van der Waals surface area contributed by atoms with Gasteiger partial charge in [-0.15, -0.1) is 0 Å². The highest BCUT2D eigenvalue weighted by molar-refractivity contribution is 7.80. The van der Waals surface area contributed by atoms with Gasteiger partial charge in [0.05, 0.1) is 20.1 Å². The highest BCUT2D eigenvalue weighted by Gasteiger charge is 2.47. The summed E-state index contributed by atoms with van der Waals surface area (Å²) in [6.45, 7) is -1.99. The number of rotatable bonds is 21. The molecule has 0 saturated heterocycles. The lowest BCUT2D eigenvalue weighted by Crippen LogP contribution is -2.62. The molecule has 0 unspecified atom stereocenters. The second kappa shape index (κ2) is 20.5. The Balaban J connectivity index is 7.24. The minimum absolute atomic E-state index is 0.422. The number of carboxylic acids is 4. The Labute approximate surface area is 303 Å². The molecule has 0 saturated carbocycles. The molecule has 270 valence electrons. The molecule has 4 atom stereocenters. The van der Waals surface area contributed by atoms with Crippen LogP contribution in [0.2, 0.25) is 0 Å². The van der Waals surface area contributed by atoms with Crippen LogP contribution in [0.4, 0.5) is 0 Å². The minimum Gasteiger partial charge on any atom is -0.480 e. The smallest absolute Gasteiger partial charge is 0.322 e. The molecule has 0 aromatic rings. The molecule has 4 amide bonds.